The number of aromatic nitrogens is 20. The SMILES string of the molecule is C.C.N[C@@H]1C(O)[C@H](n2ccc(=O)[nH]c2=O)O[C@@H]1CO.Nc1nc(N)c2[nH]cnc2n1.Nc1nc(N)c2ncn([C@@H]3O[C@H](CO)[C@H](N)C3O)c2n1.Nc1nc(N)c2ncn([C@@H]3O[C@H](CO)[C@H](N)C3O)c2n1.Nc1nc2c(ncn2[C@@H]2O[C@H](CO)[C@H](N)C2O)c(=O)[nH]1.O=c1cc[nH]c(=O)[nH]1. The number of H-pyrrole nitrogens is 5. The third-order valence-electron chi connectivity index (χ3n) is 14.8. The molecule has 4 aliphatic rings. The molecule has 4 fully saturated rings. The molecule has 35 N–H and O–H groups in total. The van der Waals surface area contributed by atoms with Crippen LogP contribution in [0.2, 0.25) is 0 Å². The number of hydrogen-bond acceptors (Lipinski definition) is 39. The molecule has 48 nitrogen and oxygen atoms in total. The summed E-state index contributed by atoms with van der Waals surface area (Å²) in [6, 6.07) is -0.583. The standard InChI is InChI=1S/2C10H15N7O3.C10H14N6O4.C9H13N3O5.C5H6N6.C4H4N2O2.2CH4/c2*11-4-3(1-18)20-9(6(4)19)17-2-14-5-7(12)15-10(13)16-8(5)17;11-4-3(1-17)20-9(6(4)18)16-2-13-5-7(16)14-10(12)15-8(5)19;10-6-4(3-13)17-8(7(6)15)12-2-1-5(14)11-9(12)16;6-3-2-4(9-1-8-2)11-5(7)10-3;7-3-1-2-5-4(8)6-3;;/h2*2-4,6,9,18-19H,1,11H2,(H4,12,13,15,16);2-4,6,9,17-18H,1,11H2,(H3,12,14,15,19);1-2,4,6-8,13,15H,3,10H2,(H,11,14,16);1H,(H5,6,7,8,9,10,11);1-2H,(H2,5,6,7,8);2*1H4/t3*3-,4+,6?,9-;4-,6+,7?,8-;;;;/m1111..../s1. The number of rotatable bonds is 8. The van der Waals surface area contributed by atoms with Gasteiger partial charge in [-0.05, 0) is 0 Å². The minimum absolute atomic E-state index is 0. The van der Waals surface area contributed by atoms with Crippen LogP contribution in [0, 0.1) is 0 Å². The Hall–Kier alpha value is -10.7. The molecule has 0 radical (unpaired) electrons. The normalized spacial score (nSPS) is 26.1. The Bertz CT molecular complexity index is 4490. The van der Waals surface area contributed by atoms with E-state index in [9.17, 15) is 44.4 Å². The van der Waals surface area contributed by atoms with Gasteiger partial charge >= 0.3 is 11.4 Å². The Morgan fingerprint density at radius 1 is 0.449 bits per heavy atom. The lowest BCUT2D eigenvalue weighted by Gasteiger charge is -2.16. The van der Waals surface area contributed by atoms with Gasteiger partial charge in [-0.25, -0.2) is 29.5 Å². The smallest absolute Gasteiger partial charge is 0.330 e. The van der Waals surface area contributed by atoms with Crippen molar-refractivity contribution in [3.63, 3.8) is 0 Å². The molecular weight excluding hydrogens is 1310 g/mol. The van der Waals surface area contributed by atoms with Crippen LogP contribution in [0.25, 0.3) is 44.7 Å². The van der Waals surface area contributed by atoms with E-state index in [0.717, 1.165) is 10.6 Å². The molecule has 14 heterocycles. The topological polar surface area (TPSA) is 811 Å². The van der Waals surface area contributed by atoms with Crippen molar-refractivity contribution >= 4 is 85.9 Å². The molecule has 10 aromatic heterocycles. The fourth-order valence-corrected chi connectivity index (χ4v) is 9.92. The summed E-state index contributed by atoms with van der Waals surface area (Å²) in [6.45, 7) is -1.26. The van der Waals surface area contributed by atoms with Crippen LogP contribution in [-0.4, -0.2) is 238 Å². The van der Waals surface area contributed by atoms with Crippen molar-refractivity contribution in [2.45, 2.75) is 113 Å². The highest BCUT2D eigenvalue weighted by Crippen LogP contribution is 2.34. The largest absolute Gasteiger partial charge is 0.394 e. The van der Waals surface area contributed by atoms with E-state index in [1.54, 1.807) is 0 Å². The Kier molecular flexibility index (Phi) is 24.0. The molecule has 0 aliphatic carbocycles. The molecule has 10 aromatic rings. The van der Waals surface area contributed by atoms with E-state index in [-0.39, 0.29) is 93.4 Å². The Labute approximate surface area is 546 Å². The highest BCUT2D eigenvalue weighted by Gasteiger charge is 2.46. The van der Waals surface area contributed by atoms with Crippen LogP contribution in [0.3, 0.4) is 0 Å². The lowest BCUT2D eigenvalue weighted by atomic mass is 10.1. The summed E-state index contributed by atoms with van der Waals surface area (Å²) >= 11 is 0. The molecule has 0 amide bonds. The number of aromatic amines is 5. The zero-order chi connectivity index (χ0) is 69.7. The average molecular weight is 1380 g/mol. The molecular formula is C50H75N31O17. The molecule has 0 saturated carbocycles. The van der Waals surface area contributed by atoms with Crippen molar-refractivity contribution in [1.82, 2.24) is 98.0 Å². The summed E-state index contributed by atoms with van der Waals surface area (Å²) in [5, 5.41) is 76.5. The summed E-state index contributed by atoms with van der Waals surface area (Å²) in [5.41, 5.74) is 62.0. The molecule has 0 bridgehead atoms. The number of nitrogen functional groups attached to an aromatic ring is 7. The number of anilines is 7. The third kappa shape index (κ3) is 15.6. The van der Waals surface area contributed by atoms with Gasteiger partial charge < -0.3 is 133 Å². The summed E-state index contributed by atoms with van der Waals surface area (Å²) in [7, 11) is 0. The second-order valence-corrected chi connectivity index (χ2v) is 21.0. The summed E-state index contributed by atoms with van der Waals surface area (Å²) in [4.78, 5) is 109. The zero-order valence-electron chi connectivity index (χ0n) is 49.5. The molecule has 4 aliphatic heterocycles. The number of nitrogens with zero attached hydrogens (tertiary/aromatic N) is 15. The number of nitrogens with two attached hydrogens (primary N) is 11. The van der Waals surface area contributed by atoms with Gasteiger partial charge in [-0.15, -0.1) is 0 Å². The van der Waals surface area contributed by atoms with E-state index in [1.807, 2.05) is 9.97 Å². The minimum Gasteiger partial charge on any atom is -0.394 e. The Morgan fingerprint density at radius 2 is 0.837 bits per heavy atom. The second-order valence-electron chi connectivity index (χ2n) is 21.0. The molecule has 98 heavy (non-hydrogen) atoms. The lowest BCUT2D eigenvalue weighted by molar-refractivity contribution is -0.0532. The van der Waals surface area contributed by atoms with Gasteiger partial charge in [0.15, 0.2) is 70.5 Å². The van der Waals surface area contributed by atoms with E-state index >= 15 is 0 Å². The highest BCUT2D eigenvalue weighted by atomic mass is 16.6. The first-order valence-electron chi connectivity index (χ1n) is 28.0. The number of aliphatic hydroxyl groups is 8. The highest BCUT2D eigenvalue weighted by molar-refractivity contribution is 5.84. The van der Waals surface area contributed by atoms with Crippen LogP contribution in [0.5, 0.6) is 0 Å². The van der Waals surface area contributed by atoms with Gasteiger partial charge in [0.1, 0.15) is 65.4 Å². The van der Waals surface area contributed by atoms with E-state index in [2.05, 4.69) is 69.8 Å². The third-order valence-corrected chi connectivity index (χ3v) is 14.8. The van der Waals surface area contributed by atoms with Crippen molar-refractivity contribution in [2.75, 3.05) is 66.6 Å². The van der Waals surface area contributed by atoms with Crippen molar-refractivity contribution in [1.29, 1.82) is 0 Å². The maximum Gasteiger partial charge on any atom is 0.330 e. The van der Waals surface area contributed by atoms with Gasteiger partial charge in [0.05, 0.1) is 75.9 Å². The van der Waals surface area contributed by atoms with Gasteiger partial charge in [-0.2, -0.15) is 34.9 Å². The molecule has 4 saturated heterocycles. The van der Waals surface area contributed by atoms with Crippen molar-refractivity contribution in [2.24, 2.45) is 22.9 Å². The first-order valence-corrected chi connectivity index (χ1v) is 28.0. The lowest BCUT2D eigenvalue weighted by Crippen LogP contribution is -2.42. The maximum atomic E-state index is 11.7. The summed E-state index contributed by atoms with van der Waals surface area (Å²) in [5.74, 6) is 0.662. The van der Waals surface area contributed by atoms with E-state index in [1.165, 1.54) is 57.5 Å². The number of hydrogen-bond donors (Lipinski definition) is 24. The van der Waals surface area contributed by atoms with Crippen molar-refractivity contribution in [3.05, 3.63) is 102 Å². The van der Waals surface area contributed by atoms with Gasteiger partial charge in [0, 0.05) is 24.5 Å². The monoisotopic (exact) mass is 1380 g/mol. The predicted octanol–water partition coefficient (Wildman–Crippen LogP) is -10.6. The van der Waals surface area contributed by atoms with Crippen LogP contribution in [0.15, 0.2) is 73.8 Å². The molecule has 16 atom stereocenters. The molecule has 532 valence electrons. The molecule has 0 spiro atoms. The van der Waals surface area contributed by atoms with Crippen LogP contribution >= 0.6 is 0 Å². The number of aliphatic hydroxyl groups excluding tert-OH is 8. The fourth-order valence-electron chi connectivity index (χ4n) is 9.92. The number of fused-ring (bicyclic) bond motifs is 4. The van der Waals surface area contributed by atoms with Gasteiger partial charge in [0.25, 0.3) is 16.7 Å². The first-order chi connectivity index (χ1) is 45.7. The van der Waals surface area contributed by atoms with Gasteiger partial charge in [-0.3, -0.25) is 47.6 Å². The van der Waals surface area contributed by atoms with Crippen molar-refractivity contribution in [3.8, 4) is 0 Å². The Morgan fingerprint density at radius 3 is 1.22 bits per heavy atom. The van der Waals surface area contributed by atoms with Crippen LogP contribution in [0.4, 0.5) is 41.2 Å². The van der Waals surface area contributed by atoms with Crippen LogP contribution in [-0.2, 0) is 18.9 Å². The van der Waals surface area contributed by atoms with Gasteiger partial charge in [-0.1, -0.05) is 14.9 Å². The predicted molar refractivity (Wildman–Crippen MR) is 344 cm³/mol. The van der Waals surface area contributed by atoms with Crippen LogP contribution < -0.4 is 91.1 Å². The van der Waals surface area contributed by atoms with E-state index < -0.39 is 120 Å². The zero-order valence-corrected chi connectivity index (χ0v) is 49.5. The van der Waals surface area contributed by atoms with Crippen molar-refractivity contribution < 1.29 is 59.8 Å². The number of nitrogens with one attached hydrogen (secondary N) is 5. The summed E-state index contributed by atoms with van der Waals surface area (Å²) < 4.78 is 27.1. The average Bonchev–Trinajstić information content (AvgIpc) is 1.63. The molecule has 4 unspecified atom stereocenters. The van der Waals surface area contributed by atoms with E-state index in [4.69, 9.17) is 102 Å². The second kappa shape index (κ2) is 31.5. The Balaban J connectivity index is 0.000000168. The van der Waals surface area contributed by atoms with Gasteiger partial charge in [0.2, 0.25) is 23.8 Å². The van der Waals surface area contributed by atoms with Crippen LogP contribution in [0.1, 0.15) is 39.8 Å². The molecule has 0 aromatic carbocycles. The number of imidazole rings is 4. The summed E-state index contributed by atoms with van der Waals surface area (Å²) in [6.07, 6.45) is -2.38. The maximum absolute atomic E-state index is 11.7. The minimum atomic E-state index is -1.13. The first kappa shape index (κ1) is 74.7. The quantitative estimate of drug-likeness (QED) is 0.0672. The van der Waals surface area contributed by atoms with E-state index in [0.29, 0.717) is 39.3 Å². The fraction of sp³-hybridized carbons (Fsp3) is 0.440. The molecule has 14 rings (SSSR count). The molecule has 48 heteroatoms. The number of ether oxygens (including phenoxy) is 4.